The molecule has 0 spiro atoms. The van der Waals surface area contributed by atoms with Crippen LogP contribution in [0.2, 0.25) is 0 Å². The van der Waals surface area contributed by atoms with Crippen molar-refractivity contribution in [3.63, 3.8) is 0 Å². The van der Waals surface area contributed by atoms with Gasteiger partial charge in [0.15, 0.2) is 5.11 Å². The molecule has 6 heteroatoms. The highest BCUT2D eigenvalue weighted by atomic mass is 32.1. The van der Waals surface area contributed by atoms with Crippen molar-refractivity contribution in [2.75, 3.05) is 5.32 Å². The summed E-state index contributed by atoms with van der Waals surface area (Å²) in [6.45, 7) is 2.42. The van der Waals surface area contributed by atoms with Gasteiger partial charge in [-0.15, -0.1) is 0 Å². The van der Waals surface area contributed by atoms with Crippen LogP contribution in [0.3, 0.4) is 0 Å². The minimum Gasteiger partial charge on any atom is -0.356 e. The summed E-state index contributed by atoms with van der Waals surface area (Å²) in [5.41, 5.74) is 2.51. The molecule has 1 aromatic heterocycles. The number of benzene rings is 2. The number of nitrogens with one attached hydrogen (secondary N) is 2. The van der Waals surface area contributed by atoms with Gasteiger partial charge in [-0.05, 0) is 30.8 Å². The number of aromatic nitrogens is 2. The van der Waals surface area contributed by atoms with Gasteiger partial charge in [-0.2, -0.15) is 5.10 Å². The monoisotopic (exact) mass is 354 g/mol. The van der Waals surface area contributed by atoms with Crippen LogP contribution >= 0.6 is 12.2 Å². The fourth-order valence-electron chi connectivity index (χ4n) is 2.50. The zero-order chi connectivity index (χ0) is 17.6. The third-order valence-electron chi connectivity index (χ3n) is 3.83. The maximum atomic E-state index is 13.7. The first-order chi connectivity index (χ1) is 12.1. The van der Waals surface area contributed by atoms with E-state index in [-0.39, 0.29) is 11.9 Å². The van der Waals surface area contributed by atoms with E-state index in [0.29, 0.717) is 17.2 Å². The lowest BCUT2D eigenvalue weighted by molar-refractivity contribution is 0.585. The van der Waals surface area contributed by atoms with Crippen LogP contribution in [-0.2, 0) is 6.54 Å². The van der Waals surface area contributed by atoms with Crippen LogP contribution < -0.4 is 10.6 Å². The Kier molecular flexibility index (Phi) is 5.40. The molecule has 3 rings (SSSR count). The number of nitrogens with zero attached hydrogens (tertiary/aromatic N) is 2. The molecule has 4 nitrogen and oxygen atoms in total. The van der Waals surface area contributed by atoms with Crippen LogP contribution in [0.25, 0.3) is 0 Å². The molecule has 0 aliphatic heterocycles. The molecule has 25 heavy (non-hydrogen) atoms. The van der Waals surface area contributed by atoms with Crippen LogP contribution in [0.15, 0.2) is 67.0 Å². The third kappa shape index (κ3) is 4.64. The van der Waals surface area contributed by atoms with Crippen molar-refractivity contribution in [1.82, 2.24) is 15.1 Å². The second-order valence-corrected chi connectivity index (χ2v) is 6.16. The van der Waals surface area contributed by atoms with Gasteiger partial charge in [0.2, 0.25) is 0 Å². The van der Waals surface area contributed by atoms with Crippen molar-refractivity contribution < 1.29 is 4.39 Å². The minimum absolute atomic E-state index is 0.0923. The fourth-order valence-corrected chi connectivity index (χ4v) is 2.80. The average Bonchev–Trinajstić information content (AvgIpc) is 3.04. The maximum absolute atomic E-state index is 13.7. The van der Waals surface area contributed by atoms with E-state index in [0.717, 1.165) is 11.3 Å². The zero-order valence-corrected chi connectivity index (χ0v) is 14.6. The number of hydrogen-bond acceptors (Lipinski definition) is 2. The second kappa shape index (κ2) is 7.90. The van der Waals surface area contributed by atoms with Gasteiger partial charge in [-0.3, -0.25) is 4.68 Å². The van der Waals surface area contributed by atoms with E-state index in [1.165, 1.54) is 6.07 Å². The Morgan fingerprint density at radius 3 is 2.64 bits per heavy atom. The molecule has 0 fully saturated rings. The van der Waals surface area contributed by atoms with Crippen LogP contribution in [0.4, 0.5) is 10.1 Å². The summed E-state index contributed by atoms with van der Waals surface area (Å²) >= 11 is 5.35. The molecule has 128 valence electrons. The van der Waals surface area contributed by atoms with Crippen LogP contribution in [0.1, 0.15) is 24.1 Å². The summed E-state index contributed by atoms with van der Waals surface area (Å²) in [6.07, 6.45) is 3.47. The Hall–Kier alpha value is -2.73. The van der Waals surface area contributed by atoms with Gasteiger partial charge in [0, 0.05) is 11.8 Å². The highest BCUT2D eigenvalue weighted by molar-refractivity contribution is 7.80. The SMILES string of the molecule is CC(NC(=S)Nc1cnn(Cc2ccccc2F)c1)c1ccccc1. The molecule has 0 aliphatic carbocycles. The van der Waals surface area contributed by atoms with Crippen LogP contribution in [0, 0.1) is 5.82 Å². The van der Waals surface area contributed by atoms with Crippen LogP contribution in [0.5, 0.6) is 0 Å². The van der Waals surface area contributed by atoms with Gasteiger partial charge in [0.05, 0.1) is 24.5 Å². The first kappa shape index (κ1) is 17.1. The van der Waals surface area contributed by atoms with E-state index in [9.17, 15) is 4.39 Å². The van der Waals surface area contributed by atoms with Crippen molar-refractivity contribution in [2.24, 2.45) is 0 Å². The van der Waals surface area contributed by atoms with E-state index in [1.54, 1.807) is 29.2 Å². The molecule has 3 aromatic rings. The van der Waals surface area contributed by atoms with Gasteiger partial charge >= 0.3 is 0 Å². The predicted octanol–water partition coefficient (Wildman–Crippen LogP) is 4.12. The zero-order valence-electron chi connectivity index (χ0n) is 13.8. The maximum Gasteiger partial charge on any atom is 0.171 e. The number of hydrogen-bond donors (Lipinski definition) is 2. The van der Waals surface area contributed by atoms with Gasteiger partial charge in [0.1, 0.15) is 5.82 Å². The highest BCUT2D eigenvalue weighted by Gasteiger charge is 2.08. The van der Waals surface area contributed by atoms with Gasteiger partial charge in [-0.25, -0.2) is 4.39 Å². The smallest absolute Gasteiger partial charge is 0.171 e. The topological polar surface area (TPSA) is 41.9 Å². The molecule has 0 saturated heterocycles. The predicted molar refractivity (Wildman–Crippen MR) is 102 cm³/mol. The fraction of sp³-hybridized carbons (Fsp3) is 0.158. The van der Waals surface area contributed by atoms with E-state index in [1.807, 2.05) is 43.3 Å². The van der Waals surface area contributed by atoms with Gasteiger partial charge in [-0.1, -0.05) is 48.5 Å². The first-order valence-electron chi connectivity index (χ1n) is 8.00. The quantitative estimate of drug-likeness (QED) is 0.677. The third-order valence-corrected chi connectivity index (χ3v) is 4.05. The molecule has 0 aliphatic rings. The Bertz CT molecular complexity index is 847. The molecule has 1 heterocycles. The second-order valence-electron chi connectivity index (χ2n) is 5.75. The molecule has 0 bridgehead atoms. The Morgan fingerprint density at radius 2 is 1.88 bits per heavy atom. The van der Waals surface area contributed by atoms with Crippen LogP contribution in [-0.4, -0.2) is 14.9 Å². The Balaban J connectivity index is 1.58. The van der Waals surface area contributed by atoms with Crippen molar-refractivity contribution in [3.05, 3.63) is 83.9 Å². The lowest BCUT2D eigenvalue weighted by Gasteiger charge is -2.16. The molecule has 1 unspecified atom stereocenters. The number of rotatable bonds is 5. The summed E-state index contributed by atoms with van der Waals surface area (Å²) in [6, 6.07) is 16.8. The molecule has 0 radical (unpaired) electrons. The lowest BCUT2D eigenvalue weighted by atomic mass is 10.1. The minimum atomic E-state index is -0.235. The van der Waals surface area contributed by atoms with Gasteiger partial charge < -0.3 is 10.6 Å². The number of thiocarbonyl (C=S) groups is 1. The van der Waals surface area contributed by atoms with E-state index >= 15 is 0 Å². The number of halogens is 1. The van der Waals surface area contributed by atoms with Crippen molar-refractivity contribution >= 4 is 23.0 Å². The summed E-state index contributed by atoms with van der Waals surface area (Å²) in [7, 11) is 0. The van der Waals surface area contributed by atoms with Crippen molar-refractivity contribution in [2.45, 2.75) is 19.5 Å². The molecular weight excluding hydrogens is 335 g/mol. The van der Waals surface area contributed by atoms with E-state index < -0.39 is 0 Å². The van der Waals surface area contributed by atoms with Crippen molar-refractivity contribution in [3.8, 4) is 0 Å². The number of anilines is 1. The molecular formula is C19H19FN4S. The van der Waals surface area contributed by atoms with E-state index in [2.05, 4.69) is 15.7 Å². The molecule has 2 N–H and O–H groups in total. The molecule has 1 atom stereocenters. The normalized spacial score (nSPS) is 11.8. The van der Waals surface area contributed by atoms with Crippen molar-refractivity contribution in [1.29, 1.82) is 0 Å². The summed E-state index contributed by atoms with van der Waals surface area (Å²) < 4.78 is 15.4. The summed E-state index contributed by atoms with van der Waals surface area (Å²) in [5.74, 6) is -0.235. The Labute approximate surface area is 151 Å². The molecule has 0 amide bonds. The standard InChI is InChI=1S/C19H19FN4S/c1-14(15-7-3-2-4-8-15)22-19(25)23-17-11-21-24(13-17)12-16-9-5-6-10-18(16)20/h2-11,13-14H,12H2,1H3,(H2,22,23,25). The molecule has 0 saturated carbocycles. The summed E-state index contributed by atoms with van der Waals surface area (Å²) in [4.78, 5) is 0. The highest BCUT2D eigenvalue weighted by Crippen LogP contribution is 2.13. The Morgan fingerprint density at radius 1 is 1.16 bits per heavy atom. The molecule has 2 aromatic carbocycles. The van der Waals surface area contributed by atoms with Gasteiger partial charge in [0.25, 0.3) is 0 Å². The average molecular weight is 354 g/mol. The first-order valence-corrected chi connectivity index (χ1v) is 8.41. The lowest BCUT2D eigenvalue weighted by Crippen LogP contribution is -2.30. The summed E-state index contributed by atoms with van der Waals surface area (Å²) in [5, 5.41) is 11.1. The largest absolute Gasteiger partial charge is 0.356 e. The van der Waals surface area contributed by atoms with E-state index in [4.69, 9.17) is 12.2 Å².